The fraction of sp³-hybridized carbons (Fsp3) is 0.444. The van der Waals surface area contributed by atoms with Gasteiger partial charge in [0.05, 0.1) is 11.3 Å². The summed E-state index contributed by atoms with van der Waals surface area (Å²) in [6, 6.07) is 2.08. The molecule has 0 saturated heterocycles. The van der Waals surface area contributed by atoms with E-state index in [9.17, 15) is 23.1 Å². The molecule has 8 heteroatoms. The van der Waals surface area contributed by atoms with E-state index < -0.39 is 23.4 Å². The van der Waals surface area contributed by atoms with Crippen LogP contribution in [0, 0.1) is 18.3 Å². The number of carbonyl (C=O) groups excluding carboxylic acids is 1. The lowest BCUT2D eigenvalue weighted by Crippen LogP contribution is -2.27. The molecule has 1 saturated carbocycles. The Bertz CT molecular complexity index is 768. The van der Waals surface area contributed by atoms with Crippen LogP contribution in [0.15, 0.2) is 22.6 Å². The largest absolute Gasteiger partial charge is 0.506 e. The molecule has 0 aromatic heterocycles. The fourth-order valence-corrected chi connectivity index (χ4v) is 3.65. The number of thioether (sulfide) groups is 1. The summed E-state index contributed by atoms with van der Waals surface area (Å²) >= 11 is 1.03. The quantitative estimate of drug-likeness (QED) is 0.290. The number of halogens is 3. The van der Waals surface area contributed by atoms with Crippen molar-refractivity contribution >= 4 is 29.1 Å². The molecule has 0 radical (unpaired) electrons. The molecular weight excluding hydrogens is 365 g/mol. The van der Waals surface area contributed by atoms with Gasteiger partial charge in [0.15, 0.2) is 0 Å². The molecule has 1 aliphatic rings. The maximum absolute atomic E-state index is 13.3. The van der Waals surface area contributed by atoms with E-state index in [2.05, 4.69) is 5.32 Å². The smallest absolute Gasteiger partial charge is 0.417 e. The summed E-state index contributed by atoms with van der Waals surface area (Å²) in [6.45, 7) is 3.23. The van der Waals surface area contributed by atoms with Crippen LogP contribution in [0.25, 0.3) is 5.76 Å². The van der Waals surface area contributed by atoms with Crippen molar-refractivity contribution in [3.63, 3.8) is 0 Å². The number of likely N-dealkylation sites (N-methyl/N-ethyl adjacent to an activating group) is 1. The van der Waals surface area contributed by atoms with Crippen LogP contribution in [0.2, 0.25) is 0 Å². The van der Waals surface area contributed by atoms with E-state index in [0.717, 1.165) is 36.7 Å². The first-order chi connectivity index (χ1) is 12.1. The maximum Gasteiger partial charge on any atom is 0.417 e. The van der Waals surface area contributed by atoms with Crippen molar-refractivity contribution in [2.45, 2.75) is 37.8 Å². The van der Waals surface area contributed by atoms with Gasteiger partial charge in [-0.05, 0) is 37.1 Å². The zero-order valence-corrected chi connectivity index (χ0v) is 15.6. The van der Waals surface area contributed by atoms with E-state index in [0.29, 0.717) is 5.75 Å². The average Bonchev–Trinajstić information content (AvgIpc) is 3.40. The number of rotatable bonds is 6. The van der Waals surface area contributed by atoms with E-state index in [-0.39, 0.29) is 33.2 Å². The molecule has 1 amide bonds. The highest BCUT2D eigenvalue weighted by Crippen LogP contribution is 2.41. The summed E-state index contributed by atoms with van der Waals surface area (Å²) in [7, 11) is 1.38. The monoisotopic (exact) mass is 386 g/mol. The molecule has 1 aromatic rings. The lowest BCUT2D eigenvalue weighted by Gasteiger charge is -2.18. The van der Waals surface area contributed by atoms with Gasteiger partial charge in [-0.1, -0.05) is 13.0 Å². The highest BCUT2D eigenvalue weighted by Gasteiger charge is 2.36. The predicted molar refractivity (Wildman–Crippen MR) is 96.6 cm³/mol. The summed E-state index contributed by atoms with van der Waals surface area (Å²) in [5, 5.41) is 21.2. The Hall–Kier alpha value is -1.96. The third-order valence-corrected chi connectivity index (χ3v) is 5.30. The van der Waals surface area contributed by atoms with Crippen molar-refractivity contribution in [1.29, 1.82) is 5.41 Å². The first-order valence-electron chi connectivity index (χ1n) is 8.21. The number of aliphatic hydroxyl groups excluding tert-OH is 1. The van der Waals surface area contributed by atoms with Crippen LogP contribution in [-0.2, 0) is 11.0 Å². The summed E-state index contributed by atoms with van der Waals surface area (Å²) in [6.07, 6.45) is -2.99. The molecular formula is C18H21F3N2O2S. The number of hydrogen-bond acceptors (Lipinski definition) is 4. The molecule has 4 nitrogen and oxygen atoms in total. The van der Waals surface area contributed by atoms with E-state index >= 15 is 0 Å². The number of hydrogen-bond donors (Lipinski definition) is 3. The Morgan fingerprint density at radius 2 is 2.00 bits per heavy atom. The van der Waals surface area contributed by atoms with Gasteiger partial charge in [0.1, 0.15) is 11.3 Å². The molecule has 0 atom stereocenters. The molecule has 3 N–H and O–H groups in total. The van der Waals surface area contributed by atoms with Crippen molar-refractivity contribution in [3.05, 3.63) is 34.4 Å². The van der Waals surface area contributed by atoms with Gasteiger partial charge in [-0.25, -0.2) is 0 Å². The van der Waals surface area contributed by atoms with Gasteiger partial charge in [-0.15, -0.1) is 11.8 Å². The van der Waals surface area contributed by atoms with Gasteiger partial charge in [-0.3, -0.25) is 4.79 Å². The fourth-order valence-electron chi connectivity index (χ4n) is 2.69. The predicted octanol–water partition coefficient (Wildman–Crippen LogP) is 4.57. The Labute approximate surface area is 154 Å². The molecule has 1 aliphatic carbocycles. The molecule has 0 unspecified atom stereocenters. The van der Waals surface area contributed by atoms with Crippen LogP contribution in [0.4, 0.5) is 13.2 Å². The van der Waals surface area contributed by atoms with Gasteiger partial charge < -0.3 is 15.8 Å². The van der Waals surface area contributed by atoms with Crippen LogP contribution in [0.3, 0.4) is 0 Å². The standard InChI is InChI=1S/C18H21F3N2O2S/c1-4-26-16-9(2)11(7-8-12(16)18(19,20)21)15(24)13(17(25)23-3)14(22)10-5-6-10/h7-8,10,22,24H,4-6H2,1-3H3,(H,23,25). The second kappa shape index (κ2) is 7.73. The molecule has 26 heavy (non-hydrogen) atoms. The highest BCUT2D eigenvalue weighted by molar-refractivity contribution is 7.99. The topological polar surface area (TPSA) is 73.2 Å². The lowest BCUT2D eigenvalue weighted by atomic mass is 9.96. The van der Waals surface area contributed by atoms with Gasteiger partial charge in [0.2, 0.25) is 0 Å². The summed E-state index contributed by atoms with van der Waals surface area (Å²) in [5.74, 6) is -0.740. The number of benzene rings is 1. The second-order valence-corrected chi connectivity index (χ2v) is 7.31. The number of amides is 1. The SMILES string of the molecule is CCSc1c(C(F)(F)F)ccc(C(O)=C(C(=N)C2CC2)C(=O)NC)c1C. The van der Waals surface area contributed by atoms with Crippen LogP contribution in [0.1, 0.15) is 36.5 Å². The Morgan fingerprint density at radius 3 is 2.46 bits per heavy atom. The van der Waals surface area contributed by atoms with Gasteiger partial charge in [-0.2, -0.15) is 13.2 Å². The van der Waals surface area contributed by atoms with Gasteiger partial charge in [0.25, 0.3) is 5.91 Å². The van der Waals surface area contributed by atoms with Crippen molar-refractivity contribution in [2.75, 3.05) is 12.8 Å². The Balaban J connectivity index is 2.66. The van der Waals surface area contributed by atoms with Crippen molar-refractivity contribution in [2.24, 2.45) is 5.92 Å². The minimum atomic E-state index is -4.51. The molecule has 2 rings (SSSR count). The van der Waals surface area contributed by atoms with Crippen LogP contribution < -0.4 is 5.32 Å². The summed E-state index contributed by atoms with van der Waals surface area (Å²) in [4.78, 5) is 12.2. The average molecular weight is 386 g/mol. The van der Waals surface area contributed by atoms with Gasteiger partial charge in [0, 0.05) is 23.4 Å². The van der Waals surface area contributed by atoms with Crippen LogP contribution in [0.5, 0.6) is 0 Å². The maximum atomic E-state index is 13.3. The number of nitrogens with one attached hydrogen (secondary N) is 2. The van der Waals surface area contributed by atoms with Crippen LogP contribution >= 0.6 is 11.8 Å². The van der Waals surface area contributed by atoms with E-state index in [1.165, 1.54) is 14.0 Å². The molecule has 0 heterocycles. The molecule has 0 spiro atoms. The first-order valence-corrected chi connectivity index (χ1v) is 9.20. The molecule has 1 fully saturated rings. The minimum Gasteiger partial charge on any atom is -0.506 e. The summed E-state index contributed by atoms with van der Waals surface area (Å²) in [5.41, 5.74) is -0.541. The molecule has 1 aromatic carbocycles. The number of aliphatic hydroxyl groups is 1. The normalized spacial score (nSPS) is 15.5. The third kappa shape index (κ3) is 4.06. The number of alkyl halides is 3. The first kappa shape index (κ1) is 20.4. The minimum absolute atomic E-state index is 0.0193. The molecule has 0 bridgehead atoms. The van der Waals surface area contributed by atoms with Crippen molar-refractivity contribution < 1.29 is 23.1 Å². The third-order valence-electron chi connectivity index (χ3n) is 4.20. The Kier molecular flexibility index (Phi) is 6.05. The van der Waals surface area contributed by atoms with Crippen molar-refractivity contribution in [3.8, 4) is 0 Å². The summed E-state index contributed by atoms with van der Waals surface area (Å²) < 4.78 is 39.8. The van der Waals surface area contributed by atoms with Crippen LogP contribution in [-0.4, -0.2) is 29.5 Å². The van der Waals surface area contributed by atoms with E-state index in [1.54, 1.807) is 6.92 Å². The van der Waals surface area contributed by atoms with Crippen molar-refractivity contribution in [1.82, 2.24) is 5.32 Å². The van der Waals surface area contributed by atoms with E-state index in [1.807, 2.05) is 0 Å². The lowest BCUT2D eigenvalue weighted by molar-refractivity contribution is -0.139. The second-order valence-electron chi connectivity index (χ2n) is 6.04. The zero-order chi connectivity index (χ0) is 19.6. The van der Waals surface area contributed by atoms with Gasteiger partial charge >= 0.3 is 6.18 Å². The zero-order valence-electron chi connectivity index (χ0n) is 14.8. The highest BCUT2D eigenvalue weighted by atomic mass is 32.2. The number of carbonyl (C=O) groups is 1. The molecule has 0 aliphatic heterocycles. The Morgan fingerprint density at radius 1 is 1.38 bits per heavy atom. The molecule has 142 valence electrons. The van der Waals surface area contributed by atoms with E-state index in [4.69, 9.17) is 5.41 Å².